The Hall–Kier alpha value is -8.44. The fourth-order valence-electron chi connectivity index (χ4n) is 11.6. The van der Waals surface area contributed by atoms with Crippen LogP contribution in [0.4, 0.5) is 15.3 Å². The molecule has 3 fully saturated rings. The summed E-state index contributed by atoms with van der Waals surface area (Å²) in [5, 5.41) is 15.1. The van der Waals surface area contributed by atoms with Gasteiger partial charge in [0.15, 0.2) is 11.5 Å². The Morgan fingerprint density at radius 2 is 1.55 bits per heavy atom. The van der Waals surface area contributed by atoms with Gasteiger partial charge in [-0.25, -0.2) is 19.3 Å². The number of imide groups is 1. The molecule has 0 aromatic heterocycles. The predicted molar refractivity (Wildman–Crippen MR) is 279 cm³/mol. The first kappa shape index (κ1) is 52.0. The first-order chi connectivity index (χ1) is 37.3. The van der Waals surface area contributed by atoms with Crippen LogP contribution in [-0.2, 0) is 40.6 Å². The van der Waals surface area contributed by atoms with Crippen molar-refractivity contribution in [2.24, 2.45) is 17.6 Å². The third kappa shape index (κ3) is 9.75. The number of nitrogens with zero attached hydrogens (tertiary/aromatic N) is 4. The van der Waals surface area contributed by atoms with Gasteiger partial charge in [0.1, 0.15) is 36.0 Å². The van der Waals surface area contributed by atoms with Gasteiger partial charge in [0.25, 0.3) is 0 Å². The van der Waals surface area contributed by atoms with Crippen molar-refractivity contribution in [3.63, 3.8) is 0 Å². The summed E-state index contributed by atoms with van der Waals surface area (Å²) in [5.41, 5.74) is 6.61. The van der Waals surface area contributed by atoms with E-state index >= 15 is 19.2 Å². The number of esters is 2. The molecule has 5 aliphatic heterocycles. The minimum atomic E-state index is -2.16. The van der Waals surface area contributed by atoms with E-state index in [1.54, 1.807) is 61.2 Å². The van der Waals surface area contributed by atoms with Crippen LogP contribution in [-0.4, -0.2) is 128 Å². The Kier molecular flexibility index (Phi) is 14.9. The number of cyclic esters (lactones) is 1. The zero-order valence-corrected chi connectivity index (χ0v) is 42.8. The number of rotatable bonds is 13. The SMILES string of the molecule is COC(=O)C(NC(=O)N1C(=O)C2(c3cc(C#CCNC(N)=O)ccc31)C(C(=O)N1CCN(Cc3ccc4c(c3)OCO4)CC1)C1C(=O)OC(c3ccccc3)C(c3ccccc3)N1C2c1cccc(OCCO)c1)C(C)C. The summed E-state index contributed by atoms with van der Waals surface area (Å²) in [5.74, 6) is 2.63. The van der Waals surface area contributed by atoms with E-state index in [9.17, 15) is 14.7 Å². The van der Waals surface area contributed by atoms with Gasteiger partial charge in [-0.1, -0.05) is 105 Å². The summed E-state index contributed by atoms with van der Waals surface area (Å²) in [6.07, 6.45) is -0.985. The third-order valence-corrected chi connectivity index (χ3v) is 15.0. The maximum Gasteiger partial charge on any atom is 0.329 e. The molecule has 0 saturated carbocycles. The normalized spacial score (nSPS) is 22.8. The van der Waals surface area contributed by atoms with Crippen LogP contribution in [0.25, 0.3) is 0 Å². The number of carbonyl (C=O) groups is 6. The number of fused-ring (bicyclic) bond motifs is 4. The van der Waals surface area contributed by atoms with Gasteiger partial charge in [-0.15, -0.1) is 0 Å². The Morgan fingerprint density at radius 1 is 0.831 bits per heavy atom. The van der Waals surface area contributed by atoms with Crippen LogP contribution >= 0.6 is 0 Å². The van der Waals surface area contributed by atoms with Crippen molar-refractivity contribution < 1.29 is 57.6 Å². The van der Waals surface area contributed by atoms with E-state index < -0.39 is 83.3 Å². The van der Waals surface area contributed by atoms with Crippen LogP contribution < -0.4 is 35.5 Å². The number of primary amides is 1. The van der Waals surface area contributed by atoms with Crippen molar-refractivity contribution in [1.82, 2.24) is 25.3 Å². The van der Waals surface area contributed by atoms with E-state index in [1.807, 2.05) is 83.8 Å². The molecule has 6 amide bonds. The highest BCUT2D eigenvalue weighted by molar-refractivity contribution is 6.25. The van der Waals surface area contributed by atoms with Gasteiger partial charge in [0.05, 0.1) is 44.0 Å². The van der Waals surface area contributed by atoms with Crippen LogP contribution in [0.15, 0.2) is 121 Å². The van der Waals surface area contributed by atoms with Crippen molar-refractivity contribution in [3.05, 3.63) is 155 Å². The van der Waals surface area contributed by atoms with E-state index in [1.165, 1.54) is 7.11 Å². The maximum atomic E-state index is 16.9. The molecule has 398 valence electrons. The average molecular weight is 1050 g/mol. The van der Waals surface area contributed by atoms with Gasteiger partial charge >= 0.3 is 24.0 Å². The number of morpholine rings is 1. The molecule has 7 unspecified atom stereocenters. The van der Waals surface area contributed by atoms with Gasteiger partial charge < -0.3 is 50.1 Å². The minimum Gasteiger partial charge on any atom is -0.491 e. The summed E-state index contributed by atoms with van der Waals surface area (Å²) in [4.78, 5) is 96.1. The van der Waals surface area contributed by atoms with E-state index in [4.69, 9.17) is 29.4 Å². The third-order valence-electron chi connectivity index (χ3n) is 15.0. The van der Waals surface area contributed by atoms with Crippen molar-refractivity contribution in [2.45, 2.75) is 56.1 Å². The van der Waals surface area contributed by atoms with Crippen LogP contribution in [0, 0.1) is 23.7 Å². The minimum absolute atomic E-state index is 0.0675. The van der Waals surface area contributed by atoms with E-state index in [0.717, 1.165) is 10.5 Å². The first-order valence-corrected chi connectivity index (χ1v) is 25.5. The lowest BCUT2D eigenvalue weighted by molar-refractivity contribution is -0.179. The number of nitrogens with one attached hydrogen (secondary N) is 2. The molecule has 0 radical (unpaired) electrons. The lowest BCUT2D eigenvalue weighted by atomic mass is 9.64. The topological polar surface area (TPSA) is 232 Å². The molecular weight excluding hydrogens is 987 g/mol. The Morgan fingerprint density at radius 3 is 2.25 bits per heavy atom. The molecule has 19 heteroatoms. The highest BCUT2D eigenvalue weighted by atomic mass is 16.7. The van der Waals surface area contributed by atoms with Gasteiger partial charge in [-0.2, -0.15) is 0 Å². The number of methoxy groups -OCH3 is 1. The summed E-state index contributed by atoms with van der Waals surface area (Å²) >= 11 is 0. The zero-order valence-electron chi connectivity index (χ0n) is 42.8. The van der Waals surface area contributed by atoms with Crippen LogP contribution in [0.2, 0.25) is 0 Å². The number of piperazine rings is 1. The molecule has 0 aliphatic carbocycles. The molecular formula is C58H59N7O12. The second-order valence-electron chi connectivity index (χ2n) is 19.8. The molecule has 5 aliphatic rings. The fraction of sp³-hybridized carbons (Fsp3) is 0.345. The summed E-state index contributed by atoms with van der Waals surface area (Å²) in [6, 6.07) is 29.6. The molecule has 0 bridgehead atoms. The second kappa shape index (κ2) is 22.0. The maximum absolute atomic E-state index is 16.9. The molecule has 5 aromatic carbocycles. The number of amides is 6. The number of hydrogen-bond donors (Lipinski definition) is 4. The number of urea groups is 2. The van der Waals surface area contributed by atoms with Gasteiger partial charge in [-0.05, 0) is 76.2 Å². The van der Waals surface area contributed by atoms with E-state index in [-0.39, 0.29) is 50.9 Å². The molecule has 10 rings (SSSR count). The molecule has 3 saturated heterocycles. The van der Waals surface area contributed by atoms with E-state index in [0.29, 0.717) is 59.1 Å². The number of ether oxygens (including phenoxy) is 5. The van der Waals surface area contributed by atoms with Crippen molar-refractivity contribution in [1.29, 1.82) is 0 Å². The Balaban J connectivity index is 1.20. The molecule has 5 N–H and O–H groups in total. The Bertz CT molecular complexity index is 3140. The average Bonchev–Trinajstić information content (AvgIpc) is 4.33. The first-order valence-electron chi connectivity index (χ1n) is 25.5. The van der Waals surface area contributed by atoms with Crippen LogP contribution in [0.1, 0.15) is 65.4 Å². The van der Waals surface area contributed by atoms with Crippen LogP contribution in [0.3, 0.4) is 0 Å². The van der Waals surface area contributed by atoms with E-state index in [2.05, 4.69) is 27.4 Å². The quantitative estimate of drug-likeness (QED) is 0.0924. The molecule has 5 aromatic rings. The number of anilines is 1. The summed E-state index contributed by atoms with van der Waals surface area (Å²) in [7, 11) is 1.20. The lowest BCUT2D eigenvalue weighted by Crippen LogP contribution is -2.59. The predicted octanol–water partition coefficient (Wildman–Crippen LogP) is 4.72. The number of nitrogens with two attached hydrogens (primary N) is 1. The van der Waals surface area contributed by atoms with Gasteiger partial charge in [0, 0.05) is 38.3 Å². The van der Waals surface area contributed by atoms with Crippen molar-refractivity contribution in [2.75, 3.05) is 64.7 Å². The monoisotopic (exact) mass is 1050 g/mol. The van der Waals surface area contributed by atoms with Crippen molar-refractivity contribution in [3.8, 4) is 29.1 Å². The largest absolute Gasteiger partial charge is 0.491 e. The standard InChI is InChI=1S/C58H59N7O12/c1-35(2)47(53(68)73-3)61-57(72)64-43-21-19-36(12-11-23-60-56(59)71)30-42(43)58(55(64)70)46(52(67)63-26-24-62(25-27-63)33-37-20-22-44-45(31-37)76-34-75-44)49-54(69)77-50(39-15-8-5-9-16-39)48(38-13-6-4-7-14-38)65(49)51(58)40-17-10-18-41(32-40)74-29-28-66/h4-10,13-22,30-32,35,46-51,66H,23-29,33-34H2,1-3H3,(H,61,72)(H3,59,60,71). The number of hydrogen-bond acceptors (Lipinski definition) is 14. The van der Waals surface area contributed by atoms with Gasteiger partial charge in [0.2, 0.25) is 18.6 Å². The number of aliphatic hydroxyl groups excluding tert-OH is 1. The Labute approximate surface area is 445 Å². The molecule has 77 heavy (non-hydrogen) atoms. The number of aliphatic hydroxyl groups is 1. The fourth-order valence-corrected chi connectivity index (χ4v) is 11.6. The van der Waals surface area contributed by atoms with Crippen molar-refractivity contribution >= 4 is 41.5 Å². The van der Waals surface area contributed by atoms with Crippen LogP contribution in [0.5, 0.6) is 17.2 Å². The molecule has 1 spiro atoms. The molecule has 7 atom stereocenters. The zero-order chi connectivity index (χ0) is 54.0. The number of benzene rings is 5. The molecule has 19 nitrogen and oxygen atoms in total. The lowest BCUT2D eigenvalue weighted by Gasteiger charge is -2.46. The van der Waals surface area contributed by atoms with Gasteiger partial charge in [-0.3, -0.25) is 24.2 Å². The molecule has 5 heterocycles. The highest BCUT2D eigenvalue weighted by Crippen LogP contribution is 2.66. The summed E-state index contributed by atoms with van der Waals surface area (Å²) < 4.78 is 29.0. The highest BCUT2D eigenvalue weighted by Gasteiger charge is 2.76. The number of carbonyl (C=O) groups excluding carboxylic acids is 6. The second-order valence-corrected chi connectivity index (χ2v) is 19.8. The smallest absolute Gasteiger partial charge is 0.329 e. The summed E-state index contributed by atoms with van der Waals surface area (Å²) in [6.45, 7) is 4.91.